The smallest absolute Gasteiger partial charge is 0.234 e. The van der Waals surface area contributed by atoms with E-state index in [4.69, 9.17) is 11.5 Å². The van der Waals surface area contributed by atoms with Gasteiger partial charge in [-0.25, -0.2) is 0 Å². The van der Waals surface area contributed by atoms with Gasteiger partial charge in [0.25, 0.3) is 0 Å². The van der Waals surface area contributed by atoms with Crippen molar-refractivity contribution in [2.45, 2.75) is 26.4 Å². The number of rotatable bonds is 5. The quantitative estimate of drug-likeness (QED) is 0.727. The van der Waals surface area contributed by atoms with Crippen molar-refractivity contribution in [2.75, 3.05) is 12.3 Å². The molecule has 4 N–H and O–H groups in total. The van der Waals surface area contributed by atoms with Gasteiger partial charge in [-0.1, -0.05) is 19.1 Å². The third-order valence-corrected chi connectivity index (χ3v) is 2.73. The largest absolute Gasteiger partial charge is 0.399 e. The summed E-state index contributed by atoms with van der Waals surface area (Å²) in [6.45, 7) is 5.33. The van der Waals surface area contributed by atoms with Gasteiger partial charge in [-0.05, 0) is 31.2 Å². The lowest BCUT2D eigenvalue weighted by atomic mass is 10.1. The zero-order valence-electron chi connectivity index (χ0n) is 9.81. The van der Waals surface area contributed by atoms with Crippen LogP contribution in [0.4, 0.5) is 5.69 Å². The Labute approximate surface area is 96.2 Å². The normalized spacial score (nSPS) is 12.7. The zero-order chi connectivity index (χ0) is 12.1. The van der Waals surface area contributed by atoms with Crippen molar-refractivity contribution in [3.8, 4) is 0 Å². The third kappa shape index (κ3) is 3.24. The van der Waals surface area contributed by atoms with Crippen LogP contribution >= 0.6 is 0 Å². The van der Waals surface area contributed by atoms with E-state index in [0.29, 0.717) is 6.54 Å². The molecule has 1 rings (SSSR count). The maximum absolute atomic E-state index is 11.1. The molecule has 0 bridgehead atoms. The molecule has 0 heterocycles. The van der Waals surface area contributed by atoms with E-state index in [9.17, 15) is 4.79 Å². The molecule has 1 amide bonds. The third-order valence-electron chi connectivity index (χ3n) is 2.73. The number of amides is 1. The van der Waals surface area contributed by atoms with Crippen molar-refractivity contribution in [1.29, 1.82) is 0 Å². The summed E-state index contributed by atoms with van der Waals surface area (Å²) in [4.78, 5) is 13.1. The molecule has 1 aromatic rings. The number of benzene rings is 1. The summed E-state index contributed by atoms with van der Waals surface area (Å²) >= 11 is 0. The van der Waals surface area contributed by atoms with Gasteiger partial charge in [-0.3, -0.25) is 9.69 Å². The Morgan fingerprint density at radius 1 is 1.38 bits per heavy atom. The van der Waals surface area contributed by atoms with Crippen molar-refractivity contribution in [3.63, 3.8) is 0 Å². The molecule has 0 radical (unpaired) electrons. The van der Waals surface area contributed by atoms with Crippen LogP contribution in [0.3, 0.4) is 0 Å². The van der Waals surface area contributed by atoms with Gasteiger partial charge in [-0.2, -0.15) is 0 Å². The average molecular weight is 221 g/mol. The Balaban J connectivity index is 2.70. The van der Waals surface area contributed by atoms with Gasteiger partial charge >= 0.3 is 0 Å². The topological polar surface area (TPSA) is 72.3 Å². The van der Waals surface area contributed by atoms with Gasteiger partial charge in [-0.15, -0.1) is 0 Å². The van der Waals surface area contributed by atoms with E-state index in [0.717, 1.165) is 17.8 Å². The van der Waals surface area contributed by atoms with E-state index in [-0.39, 0.29) is 11.9 Å². The van der Waals surface area contributed by atoms with Crippen molar-refractivity contribution in [1.82, 2.24) is 4.90 Å². The number of carbonyl (C=O) groups is 1. The number of carbonyl (C=O) groups excluding carboxylic acids is 1. The first-order chi connectivity index (χ1) is 7.54. The minimum atomic E-state index is -0.294. The molecule has 0 saturated carbocycles. The van der Waals surface area contributed by atoms with Crippen molar-refractivity contribution in [2.24, 2.45) is 5.73 Å². The Morgan fingerprint density at radius 2 is 1.94 bits per heavy atom. The molecule has 4 nitrogen and oxygen atoms in total. The van der Waals surface area contributed by atoms with Gasteiger partial charge in [0.05, 0.1) is 6.04 Å². The number of hydrogen-bond donors (Lipinski definition) is 2. The number of nitrogens with two attached hydrogens (primary N) is 2. The van der Waals surface area contributed by atoms with Crippen LogP contribution in [0.5, 0.6) is 0 Å². The van der Waals surface area contributed by atoms with E-state index in [1.807, 2.05) is 43.0 Å². The Kier molecular flexibility index (Phi) is 4.31. The molecule has 16 heavy (non-hydrogen) atoms. The summed E-state index contributed by atoms with van der Waals surface area (Å²) in [6, 6.07) is 7.40. The van der Waals surface area contributed by atoms with E-state index in [1.165, 1.54) is 0 Å². The highest BCUT2D eigenvalue weighted by atomic mass is 16.1. The molecule has 0 aliphatic rings. The monoisotopic (exact) mass is 221 g/mol. The summed E-state index contributed by atoms with van der Waals surface area (Å²) in [5.74, 6) is -0.294. The highest BCUT2D eigenvalue weighted by molar-refractivity contribution is 5.79. The molecule has 0 saturated heterocycles. The minimum Gasteiger partial charge on any atom is -0.399 e. The first-order valence-electron chi connectivity index (χ1n) is 5.42. The van der Waals surface area contributed by atoms with Crippen molar-refractivity contribution in [3.05, 3.63) is 29.8 Å². The summed E-state index contributed by atoms with van der Waals surface area (Å²) in [6.07, 6.45) is 0. The number of nitrogen functional groups attached to an aromatic ring is 1. The number of primary amides is 1. The van der Waals surface area contributed by atoms with Gasteiger partial charge in [0, 0.05) is 12.2 Å². The first-order valence-corrected chi connectivity index (χ1v) is 5.42. The highest BCUT2D eigenvalue weighted by Gasteiger charge is 2.16. The van der Waals surface area contributed by atoms with Gasteiger partial charge in [0.2, 0.25) is 5.91 Å². The maximum atomic E-state index is 11.1. The fraction of sp³-hybridized carbons (Fsp3) is 0.417. The standard InChI is InChI=1S/C12H19N3O/c1-3-15(9(2)12(14)16)8-10-4-6-11(13)7-5-10/h4-7,9H,3,8,13H2,1-2H3,(H2,14,16). The first kappa shape index (κ1) is 12.5. The van der Waals surface area contributed by atoms with Crippen LogP contribution in [-0.2, 0) is 11.3 Å². The predicted octanol–water partition coefficient (Wildman–Crippen LogP) is 0.965. The maximum Gasteiger partial charge on any atom is 0.234 e. The predicted molar refractivity (Wildman–Crippen MR) is 65.6 cm³/mol. The SMILES string of the molecule is CCN(Cc1ccc(N)cc1)C(C)C(N)=O. The number of anilines is 1. The second-order valence-electron chi connectivity index (χ2n) is 3.88. The number of likely N-dealkylation sites (N-methyl/N-ethyl adjacent to an activating group) is 1. The van der Waals surface area contributed by atoms with Crippen LogP contribution in [0.2, 0.25) is 0 Å². The van der Waals surface area contributed by atoms with Gasteiger partial charge in [0.15, 0.2) is 0 Å². The van der Waals surface area contributed by atoms with E-state index < -0.39 is 0 Å². The summed E-state index contributed by atoms with van der Waals surface area (Å²) in [7, 11) is 0. The van der Waals surface area contributed by atoms with Crippen LogP contribution in [0.1, 0.15) is 19.4 Å². The Hall–Kier alpha value is -1.55. The molecule has 0 aliphatic carbocycles. The van der Waals surface area contributed by atoms with Crippen LogP contribution in [0, 0.1) is 0 Å². The summed E-state index contributed by atoms with van der Waals surface area (Å²) in [5.41, 5.74) is 12.8. The summed E-state index contributed by atoms with van der Waals surface area (Å²) < 4.78 is 0. The number of nitrogens with zero attached hydrogens (tertiary/aromatic N) is 1. The number of hydrogen-bond acceptors (Lipinski definition) is 3. The molecule has 1 unspecified atom stereocenters. The van der Waals surface area contributed by atoms with Crippen LogP contribution in [-0.4, -0.2) is 23.4 Å². The van der Waals surface area contributed by atoms with Crippen molar-refractivity contribution >= 4 is 11.6 Å². The van der Waals surface area contributed by atoms with Crippen LogP contribution in [0.15, 0.2) is 24.3 Å². The Morgan fingerprint density at radius 3 is 2.38 bits per heavy atom. The second kappa shape index (κ2) is 5.51. The Bertz CT molecular complexity index is 348. The fourth-order valence-corrected chi connectivity index (χ4v) is 1.56. The summed E-state index contributed by atoms with van der Waals surface area (Å²) in [5, 5.41) is 0. The molecule has 0 aliphatic heterocycles. The highest BCUT2D eigenvalue weighted by Crippen LogP contribution is 2.10. The van der Waals surface area contributed by atoms with Crippen LogP contribution in [0.25, 0.3) is 0 Å². The second-order valence-corrected chi connectivity index (χ2v) is 3.88. The molecule has 1 aromatic carbocycles. The molecule has 0 spiro atoms. The van der Waals surface area contributed by atoms with Crippen molar-refractivity contribution < 1.29 is 4.79 Å². The van der Waals surface area contributed by atoms with E-state index >= 15 is 0 Å². The minimum absolute atomic E-state index is 0.248. The van der Waals surface area contributed by atoms with Gasteiger partial charge < -0.3 is 11.5 Å². The zero-order valence-corrected chi connectivity index (χ0v) is 9.81. The molecule has 0 fully saturated rings. The van der Waals surface area contributed by atoms with E-state index in [2.05, 4.69) is 0 Å². The fourth-order valence-electron chi connectivity index (χ4n) is 1.56. The van der Waals surface area contributed by atoms with Gasteiger partial charge in [0.1, 0.15) is 0 Å². The lowest BCUT2D eigenvalue weighted by Gasteiger charge is -2.25. The van der Waals surface area contributed by atoms with E-state index in [1.54, 1.807) is 0 Å². The van der Waals surface area contributed by atoms with Crippen LogP contribution < -0.4 is 11.5 Å². The lowest BCUT2D eigenvalue weighted by molar-refractivity contribution is -0.122. The average Bonchev–Trinajstić information content (AvgIpc) is 2.27. The lowest BCUT2D eigenvalue weighted by Crippen LogP contribution is -2.42. The molecular weight excluding hydrogens is 202 g/mol. The molecule has 0 aromatic heterocycles. The molecule has 4 heteroatoms. The molecule has 1 atom stereocenters. The molecule has 88 valence electrons. The molecular formula is C12H19N3O.